The summed E-state index contributed by atoms with van der Waals surface area (Å²) >= 11 is 0. The molecular weight excluding hydrogens is 564 g/mol. The van der Waals surface area contributed by atoms with Crippen LogP contribution in [0.25, 0.3) is 0 Å². The molecule has 2 aliphatic heterocycles. The first-order valence-corrected chi connectivity index (χ1v) is 16.4. The van der Waals surface area contributed by atoms with E-state index in [1.165, 1.54) is 0 Å². The fraction of sp³-hybridized carbons (Fsp3) is 0.487. The van der Waals surface area contributed by atoms with Gasteiger partial charge in [0.1, 0.15) is 12.2 Å². The molecule has 0 aliphatic carbocycles. The highest BCUT2D eigenvalue weighted by atomic mass is 16.8. The molecule has 0 bridgehead atoms. The number of ether oxygens (including phenoxy) is 6. The van der Waals surface area contributed by atoms with E-state index < -0.39 is 5.79 Å². The minimum absolute atomic E-state index is 0.0316. The molecule has 3 aromatic carbocycles. The molecule has 2 heterocycles. The maximum atomic E-state index is 6.84. The normalized spacial score (nSPS) is 28.8. The summed E-state index contributed by atoms with van der Waals surface area (Å²) in [7, 11) is 0. The Labute approximate surface area is 269 Å². The molecule has 2 aliphatic rings. The predicted molar refractivity (Wildman–Crippen MR) is 176 cm³/mol. The van der Waals surface area contributed by atoms with Gasteiger partial charge in [-0.1, -0.05) is 124 Å². The monoisotopic (exact) mass is 614 g/mol. The van der Waals surface area contributed by atoms with Crippen molar-refractivity contribution >= 4 is 0 Å². The molecule has 0 amide bonds. The van der Waals surface area contributed by atoms with E-state index in [9.17, 15) is 0 Å². The summed E-state index contributed by atoms with van der Waals surface area (Å²) in [4.78, 5) is 0. The van der Waals surface area contributed by atoms with Crippen molar-refractivity contribution in [2.24, 2.45) is 11.8 Å². The summed E-state index contributed by atoms with van der Waals surface area (Å²) in [5.74, 6) is -0.446. The second kappa shape index (κ2) is 16.1. The molecule has 0 saturated carbocycles. The van der Waals surface area contributed by atoms with Crippen LogP contribution in [0.5, 0.6) is 0 Å². The molecule has 6 heteroatoms. The van der Waals surface area contributed by atoms with Crippen LogP contribution in [0.1, 0.15) is 57.7 Å². The van der Waals surface area contributed by atoms with Crippen LogP contribution >= 0.6 is 0 Å². The first kappa shape index (κ1) is 33.5. The second-order valence-electron chi connectivity index (χ2n) is 12.8. The van der Waals surface area contributed by atoms with E-state index in [2.05, 4.69) is 69.3 Å². The summed E-state index contributed by atoms with van der Waals surface area (Å²) < 4.78 is 39.0. The molecule has 5 unspecified atom stereocenters. The zero-order chi connectivity index (χ0) is 31.6. The summed E-state index contributed by atoms with van der Waals surface area (Å²) in [5.41, 5.74) is 3.38. The zero-order valence-electron chi connectivity index (χ0n) is 27.4. The number of hydrogen-bond donors (Lipinski definition) is 0. The SMILES string of the molecule is CC[C@H]1OC(C)(C)O[C@H]1[C@@H](C)/C=C\C1OC(COCc2ccccc2)C(C)C(OCc2ccccc2)C1OCc1ccccc1. The Morgan fingerprint density at radius 3 is 1.82 bits per heavy atom. The van der Waals surface area contributed by atoms with Gasteiger partial charge in [0.2, 0.25) is 0 Å². The first-order chi connectivity index (χ1) is 21.8. The molecule has 8 atom stereocenters. The molecule has 2 fully saturated rings. The number of benzene rings is 3. The van der Waals surface area contributed by atoms with E-state index in [-0.39, 0.29) is 48.5 Å². The molecule has 242 valence electrons. The van der Waals surface area contributed by atoms with Crippen molar-refractivity contribution in [1.82, 2.24) is 0 Å². The van der Waals surface area contributed by atoms with Crippen LogP contribution in [0.3, 0.4) is 0 Å². The minimum Gasteiger partial charge on any atom is -0.374 e. The van der Waals surface area contributed by atoms with E-state index in [1.807, 2.05) is 68.4 Å². The van der Waals surface area contributed by atoms with E-state index in [1.54, 1.807) is 0 Å². The summed E-state index contributed by atoms with van der Waals surface area (Å²) in [5, 5.41) is 0. The van der Waals surface area contributed by atoms with Gasteiger partial charge in [-0.2, -0.15) is 0 Å². The van der Waals surface area contributed by atoms with Gasteiger partial charge in [-0.25, -0.2) is 0 Å². The van der Waals surface area contributed by atoms with Gasteiger partial charge in [0.15, 0.2) is 5.79 Å². The molecule has 0 aromatic heterocycles. The van der Waals surface area contributed by atoms with Crippen molar-refractivity contribution in [3.05, 3.63) is 120 Å². The maximum Gasteiger partial charge on any atom is 0.163 e. The van der Waals surface area contributed by atoms with Crippen molar-refractivity contribution in [2.75, 3.05) is 6.61 Å². The topological polar surface area (TPSA) is 55.4 Å². The molecular formula is C39H50O6. The Balaban J connectivity index is 1.38. The smallest absolute Gasteiger partial charge is 0.163 e. The van der Waals surface area contributed by atoms with Gasteiger partial charge in [-0.15, -0.1) is 0 Å². The van der Waals surface area contributed by atoms with Gasteiger partial charge in [0, 0.05) is 11.8 Å². The molecule has 5 rings (SSSR count). The second-order valence-corrected chi connectivity index (χ2v) is 12.8. The third kappa shape index (κ3) is 9.35. The Morgan fingerprint density at radius 2 is 1.27 bits per heavy atom. The fourth-order valence-corrected chi connectivity index (χ4v) is 6.30. The molecule has 0 spiro atoms. The van der Waals surface area contributed by atoms with Crippen molar-refractivity contribution < 1.29 is 28.4 Å². The quantitative estimate of drug-likeness (QED) is 0.172. The van der Waals surface area contributed by atoms with Gasteiger partial charge in [-0.05, 0) is 37.0 Å². The van der Waals surface area contributed by atoms with Crippen molar-refractivity contribution in [3.63, 3.8) is 0 Å². The van der Waals surface area contributed by atoms with Gasteiger partial charge >= 0.3 is 0 Å². The van der Waals surface area contributed by atoms with Crippen LogP contribution in [-0.4, -0.2) is 49.0 Å². The highest BCUT2D eigenvalue weighted by Gasteiger charge is 2.45. The maximum absolute atomic E-state index is 6.84. The van der Waals surface area contributed by atoms with E-state index in [4.69, 9.17) is 28.4 Å². The van der Waals surface area contributed by atoms with Crippen molar-refractivity contribution in [1.29, 1.82) is 0 Å². The van der Waals surface area contributed by atoms with Crippen LogP contribution in [0.4, 0.5) is 0 Å². The van der Waals surface area contributed by atoms with Crippen LogP contribution in [0.15, 0.2) is 103 Å². The Bertz CT molecular complexity index is 1300. The lowest BCUT2D eigenvalue weighted by atomic mass is 9.87. The molecule has 0 radical (unpaired) electrons. The first-order valence-electron chi connectivity index (χ1n) is 16.4. The average molecular weight is 615 g/mol. The summed E-state index contributed by atoms with van der Waals surface area (Å²) in [6.45, 7) is 12.4. The molecule has 0 N–H and O–H groups in total. The van der Waals surface area contributed by atoms with Gasteiger partial charge in [-0.3, -0.25) is 0 Å². The Morgan fingerprint density at radius 1 is 0.733 bits per heavy atom. The molecule has 2 saturated heterocycles. The lowest BCUT2D eigenvalue weighted by molar-refractivity contribution is -0.228. The predicted octanol–water partition coefficient (Wildman–Crippen LogP) is 7.90. The highest BCUT2D eigenvalue weighted by Crippen LogP contribution is 2.36. The third-order valence-electron chi connectivity index (χ3n) is 8.79. The van der Waals surface area contributed by atoms with Gasteiger partial charge < -0.3 is 28.4 Å². The average Bonchev–Trinajstić information content (AvgIpc) is 3.39. The molecule has 45 heavy (non-hydrogen) atoms. The highest BCUT2D eigenvalue weighted by molar-refractivity contribution is 5.16. The van der Waals surface area contributed by atoms with Crippen LogP contribution in [-0.2, 0) is 48.2 Å². The van der Waals surface area contributed by atoms with Crippen molar-refractivity contribution in [2.45, 2.75) is 103 Å². The lowest BCUT2D eigenvalue weighted by Crippen LogP contribution is -2.56. The third-order valence-corrected chi connectivity index (χ3v) is 8.79. The lowest BCUT2D eigenvalue weighted by Gasteiger charge is -2.45. The van der Waals surface area contributed by atoms with Gasteiger partial charge in [0.25, 0.3) is 0 Å². The fourth-order valence-electron chi connectivity index (χ4n) is 6.30. The summed E-state index contributed by atoms with van der Waals surface area (Å²) in [6.07, 6.45) is 4.19. The number of rotatable bonds is 14. The van der Waals surface area contributed by atoms with E-state index in [0.717, 1.165) is 23.1 Å². The van der Waals surface area contributed by atoms with Crippen molar-refractivity contribution in [3.8, 4) is 0 Å². The number of hydrogen-bond acceptors (Lipinski definition) is 6. The van der Waals surface area contributed by atoms with E-state index >= 15 is 0 Å². The zero-order valence-corrected chi connectivity index (χ0v) is 27.4. The molecule has 6 nitrogen and oxygen atoms in total. The van der Waals surface area contributed by atoms with E-state index in [0.29, 0.717) is 26.4 Å². The van der Waals surface area contributed by atoms with Crippen LogP contribution in [0.2, 0.25) is 0 Å². The summed E-state index contributed by atoms with van der Waals surface area (Å²) in [6, 6.07) is 30.8. The standard InChI is InChI=1S/C39H50O6/c1-6-33-36(45-39(4,5)44-33)28(2)22-23-34-38(42-26-32-20-14-9-15-21-32)37(41-25-31-18-12-8-13-19-31)29(3)35(43-34)27-40-24-30-16-10-7-11-17-30/h7-23,28-29,33-38H,6,24-27H2,1-5H3/b23-22-/t28-,29?,33+,34?,35?,36-,37?,38?/m0/s1. The Kier molecular flexibility index (Phi) is 12.0. The largest absolute Gasteiger partial charge is 0.374 e. The van der Waals surface area contributed by atoms with Crippen LogP contribution < -0.4 is 0 Å². The van der Waals surface area contributed by atoms with Gasteiger partial charge in [0.05, 0.1) is 50.8 Å². The Hall–Kier alpha value is -2.84. The minimum atomic E-state index is -0.594. The van der Waals surface area contributed by atoms with Crippen LogP contribution in [0, 0.1) is 11.8 Å². The molecule has 3 aromatic rings.